The molecule has 0 N–H and O–H groups in total. The van der Waals surface area contributed by atoms with Gasteiger partial charge in [0.2, 0.25) is 0 Å². The van der Waals surface area contributed by atoms with E-state index in [1.54, 1.807) is 47.4 Å². The van der Waals surface area contributed by atoms with Crippen molar-refractivity contribution in [2.45, 2.75) is 126 Å². The van der Waals surface area contributed by atoms with Gasteiger partial charge in [0.25, 0.3) is 0 Å². The first kappa shape index (κ1) is 26.0. The summed E-state index contributed by atoms with van der Waals surface area (Å²) in [5.41, 5.74) is 5.98. The van der Waals surface area contributed by atoms with Crippen LogP contribution in [0, 0.1) is 0 Å². The van der Waals surface area contributed by atoms with Gasteiger partial charge in [-0.05, 0) is 59.8 Å². The lowest BCUT2D eigenvalue weighted by atomic mass is 9.90. The molecule has 186 valence electrons. The largest absolute Gasteiger partial charge is 0.0654 e. The maximum atomic E-state index is 2.44. The number of hydrogen-bond acceptors (Lipinski definition) is 0. The number of unbranched alkanes of at least 4 members (excludes halogenated alkanes) is 4. The summed E-state index contributed by atoms with van der Waals surface area (Å²) in [7, 11) is -0.809. The smallest absolute Gasteiger partial charge is 0.0368 e. The Morgan fingerprint density at radius 2 is 0.882 bits per heavy atom. The summed E-state index contributed by atoms with van der Waals surface area (Å²) in [5, 5.41) is 0. The van der Waals surface area contributed by atoms with Crippen LogP contribution >= 0.6 is 0 Å². The predicted molar refractivity (Wildman–Crippen MR) is 158 cm³/mol. The molecule has 2 aliphatic heterocycles. The highest BCUT2D eigenvalue weighted by atomic mass is 28.3. The summed E-state index contributed by atoms with van der Waals surface area (Å²) in [5.74, 6) is 1.65. The number of benzene rings is 2. The summed E-state index contributed by atoms with van der Waals surface area (Å²) in [6.07, 6.45) is 14.5. The van der Waals surface area contributed by atoms with Crippen molar-refractivity contribution in [3.05, 3.63) is 59.7 Å². The van der Waals surface area contributed by atoms with Crippen molar-refractivity contribution in [3.8, 4) is 11.1 Å². The van der Waals surface area contributed by atoms with Crippen LogP contribution in [0.1, 0.15) is 101 Å². The quantitative estimate of drug-likeness (QED) is 0.217. The van der Waals surface area contributed by atoms with Gasteiger partial charge in [-0.15, -0.1) is 0 Å². The lowest BCUT2D eigenvalue weighted by molar-refractivity contribution is 0.603. The molecule has 0 bridgehead atoms. The van der Waals surface area contributed by atoms with Gasteiger partial charge in [0.05, 0.1) is 0 Å². The van der Waals surface area contributed by atoms with E-state index in [0.717, 1.165) is 11.8 Å². The van der Waals surface area contributed by atoms with Crippen molar-refractivity contribution in [2.24, 2.45) is 0 Å². The van der Waals surface area contributed by atoms with Crippen LogP contribution in [0.25, 0.3) is 11.1 Å². The minimum atomic E-state index is -0.405. The molecule has 2 aliphatic rings. The van der Waals surface area contributed by atoms with E-state index in [0.29, 0.717) is 0 Å². The van der Waals surface area contributed by atoms with E-state index >= 15 is 0 Å². The van der Waals surface area contributed by atoms with Crippen molar-refractivity contribution < 1.29 is 0 Å². The van der Waals surface area contributed by atoms with Crippen LogP contribution in [0.5, 0.6) is 0 Å². The summed E-state index contributed by atoms with van der Waals surface area (Å²) >= 11 is 0. The fourth-order valence-electron chi connectivity index (χ4n) is 6.83. The molecule has 34 heavy (non-hydrogen) atoms. The van der Waals surface area contributed by atoms with Crippen LogP contribution in [-0.4, -0.2) is 17.6 Å². The number of hydrogen-bond donors (Lipinski definition) is 0. The van der Waals surface area contributed by atoms with E-state index in [2.05, 4.69) is 62.4 Å². The third-order valence-corrected chi connectivity index (χ3v) is 16.3. The molecule has 0 aromatic heterocycles. The van der Waals surface area contributed by atoms with Crippen LogP contribution < -0.4 is 0 Å². The Balaban J connectivity index is 1.25. The van der Waals surface area contributed by atoms with Crippen LogP contribution in [0.4, 0.5) is 0 Å². The highest BCUT2D eigenvalue weighted by Crippen LogP contribution is 2.38. The molecule has 0 spiro atoms. The predicted octanol–water partition coefficient (Wildman–Crippen LogP) is 9.94. The zero-order valence-corrected chi connectivity index (χ0v) is 24.6. The highest BCUT2D eigenvalue weighted by molar-refractivity contribution is 6.59. The molecule has 2 aromatic rings. The van der Waals surface area contributed by atoms with Gasteiger partial charge in [0.1, 0.15) is 0 Å². The van der Waals surface area contributed by atoms with E-state index in [1.165, 1.54) is 75.3 Å². The van der Waals surface area contributed by atoms with Gasteiger partial charge in [0, 0.05) is 17.6 Å². The van der Waals surface area contributed by atoms with E-state index in [-0.39, 0.29) is 0 Å². The lowest BCUT2D eigenvalue weighted by Crippen LogP contribution is -2.20. The normalized spacial score (nSPS) is 25.4. The van der Waals surface area contributed by atoms with Gasteiger partial charge < -0.3 is 0 Å². The number of rotatable bonds is 11. The molecule has 0 saturated carbocycles. The van der Waals surface area contributed by atoms with E-state index in [9.17, 15) is 0 Å². The SMILES string of the molecule is CCCCC[SiH]1CCC(c2ccc(-c3ccc(C4CC[SiH](CCCCC)CC4)cc3)cc2)CC1. The molecule has 2 saturated heterocycles. The zero-order chi connectivity index (χ0) is 23.6. The van der Waals surface area contributed by atoms with Crippen molar-refractivity contribution in [1.82, 2.24) is 0 Å². The van der Waals surface area contributed by atoms with E-state index < -0.39 is 17.6 Å². The maximum Gasteiger partial charge on any atom is 0.0368 e. The second-order valence-electron chi connectivity index (χ2n) is 11.7. The fraction of sp³-hybridized carbons (Fsp3) is 0.625. The third kappa shape index (κ3) is 7.44. The third-order valence-electron chi connectivity index (χ3n) is 9.22. The summed E-state index contributed by atoms with van der Waals surface area (Å²) in [6, 6.07) is 28.9. The zero-order valence-electron chi connectivity index (χ0n) is 22.2. The Morgan fingerprint density at radius 1 is 0.529 bits per heavy atom. The van der Waals surface area contributed by atoms with Crippen molar-refractivity contribution in [1.29, 1.82) is 0 Å². The van der Waals surface area contributed by atoms with Crippen LogP contribution in [0.3, 0.4) is 0 Å². The topological polar surface area (TPSA) is 0 Å². The van der Waals surface area contributed by atoms with Gasteiger partial charge in [0.15, 0.2) is 0 Å². The molecule has 2 heterocycles. The van der Waals surface area contributed by atoms with Gasteiger partial charge in [-0.25, -0.2) is 0 Å². The molecule has 0 unspecified atom stereocenters. The molecule has 0 atom stereocenters. The first-order valence-electron chi connectivity index (χ1n) is 15.0. The Hall–Kier alpha value is -1.13. The second kappa shape index (κ2) is 13.8. The average Bonchev–Trinajstić information content (AvgIpc) is 2.90. The first-order chi connectivity index (χ1) is 16.8. The van der Waals surface area contributed by atoms with Crippen LogP contribution in [0.2, 0.25) is 36.3 Å². The average molecular weight is 491 g/mol. The molecule has 2 heteroatoms. The Kier molecular flexibility index (Phi) is 10.6. The lowest BCUT2D eigenvalue weighted by Gasteiger charge is -2.28. The first-order valence-corrected chi connectivity index (χ1v) is 19.9. The van der Waals surface area contributed by atoms with Crippen LogP contribution in [-0.2, 0) is 0 Å². The summed E-state index contributed by atoms with van der Waals surface area (Å²) < 4.78 is 0. The molecule has 0 amide bonds. The minimum absolute atomic E-state index is 0.405. The fourth-order valence-corrected chi connectivity index (χ4v) is 13.8. The Bertz CT molecular complexity index is 738. The van der Waals surface area contributed by atoms with Crippen molar-refractivity contribution in [2.75, 3.05) is 0 Å². The monoisotopic (exact) mass is 490 g/mol. The van der Waals surface area contributed by atoms with E-state index in [1.807, 2.05) is 0 Å². The van der Waals surface area contributed by atoms with Crippen molar-refractivity contribution in [3.63, 3.8) is 0 Å². The molecule has 0 aliphatic carbocycles. The van der Waals surface area contributed by atoms with Crippen molar-refractivity contribution >= 4 is 17.6 Å². The van der Waals surface area contributed by atoms with Gasteiger partial charge >= 0.3 is 0 Å². The minimum Gasteiger partial charge on any atom is -0.0654 e. The molecular formula is C32H50Si2. The second-order valence-corrected chi connectivity index (χ2v) is 18.6. The Labute approximate surface area is 214 Å². The molecule has 2 fully saturated rings. The van der Waals surface area contributed by atoms with Gasteiger partial charge in [-0.2, -0.15) is 0 Å². The summed E-state index contributed by atoms with van der Waals surface area (Å²) in [4.78, 5) is 0. The molecule has 0 radical (unpaired) electrons. The molecule has 2 aromatic carbocycles. The van der Waals surface area contributed by atoms with E-state index in [4.69, 9.17) is 0 Å². The van der Waals surface area contributed by atoms with Gasteiger partial charge in [-0.1, -0.05) is 137 Å². The Morgan fingerprint density at radius 3 is 1.21 bits per heavy atom. The van der Waals surface area contributed by atoms with Gasteiger partial charge in [-0.3, -0.25) is 0 Å². The van der Waals surface area contributed by atoms with Crippen LogP contribution in [0.15, 0.2) is 48.5 Å². The maximum absolute atomic E-state index is 2.44. The molecule has 4 rings (SSSR count). The highest BCUT2D eigenvalue weighted by Gasteiger charge is 2.24. The standard InChI is InChI=1S/C32H50Si2/c1-3-5-7-21-33-23-17-31(18-24-33)29-13-9-27(10-14-29)28-11-15-30(16-12-28)32-19-25-34(26-20-32)22-8-6-4-2/h9-16,31-34H,3-8,17-26H2,1-2H3. The molecule has 0 nitrogen and oxygen atoms in total. The summed E-state index contributed by atoms with van der Waals surface area (Å²) in [6.45, 7) is 4.66. The molecular weight excluding hydrogens is 441 g/mol.